The van der Waals surface area contributed by atoms with E-state index in [0.29, 0.717) is 6.42 Å². The lowest BCUT2D eigenvalue weighted by atomic mass is 10.1. The van der Waals surface area contributed by atoms with Crippen molar-refractivity contribution in [2.45, 2.75) is 18.6 Å². The topological polar surface area (TPSA) is 76.1 Å². The molecule has 128 valence electrons. The fourth-order valence-electron chi connectivity index (χ4n) is 2.50. The smallest absolute Gasteiger partial charge is 0.234 e. The molecule has 0 spiro atoms. The number of nitrogens with one attached hydrogen (secondary N) is 1. The van der Waals surface area contributed by atoms with E-state index in [9.17, 15) is 13.2 Å². The Hall–Kier alpha value is -1.38. The van der Waals surface area contributed by atoms with E-state index >= 15 is 0 Å². The van der Waals surface area contributed by atoms with Crippen LogP contribution < -0.4 is 5.32 Å². The second-order valence-electron chi connectivity index (χ2n) is 5.71. The third kappa shape index (κ3) is 4.58. The highest BCUT2D eigenvalue weighted by molar-refractivity contribution is 8.02. The van der Waals surface area contributed by atoms with Crippen LogP contribution in [0.1, 0.15) is 11.4 Å². The van der Waals surface area contributed by atoms with Crippen LogP contribution in [-0.2, 0) is 14.6 Å². The summed E-state index contributed by atoms with van der Waals surface area (Å²) in [5.41, 5.74) is 2.69. The van der Waals surface area contributed by atoms with Crippen LogP contribution in [0, 0.1) is 6.92 Å². The second kappa shape index (κ2) is 7.25. The molecule has 1 saturated heterocycles. The van der Waals surface area contributed by atoms with Crippen molar-refractivity contribution in [3.63, 3.8) is 0 Å². The van der Waals surface area contributed by atoms with Crippen molar-refractivity contribution in [3.05, 3.63) is 34.7 Å². The molecule has 1 aromatic carbocycles. The number of thioether (sulfide) groups is 1. The number of carbonyl (C=O) groups is 1. The molecular formula is C16H18N2O3S3. The number of carbonyl (C=O) groups excluding carboxylic acids is 1. The maximum atomic E-state index is 12.0. The zero-order chi connectivity index (χ0) is 17.2. The van der Waals surface area contributed by atoms with Crippen molar-refractivity contribution >= 4 is 44.5 Å². The minimum absolute atomic E-state index is 0.0380. The van der Waals surface area contributed by atoms with Crippen LogP contribution >= 0.6 is 23.1 Å². The third-order valence-corrected chi connectivity index (χ3v) is 7.78. The van der Waals surface area contributed by atoms with Crippen LogP contribution in [0.5, 0.6) is 0 Å². The van der Waals surface area contributed by atoms with E-state index in [-0.39, 0.29) is 28.4 Å². The molecule has 0 bridgehead atoms. The number of sulfone groups is 1. The molecule has 1 atom stereocenters. The number of thiazole rings is 1. The highest BCUT2D eigenvalue weighted by Crippen LogP contribution is 2.25. The standard InChI is InChI=1S/C16H18N2O3S3/c1-11-17-15(8-22-11)12-2-4-13(5-3-12)18-16(19)9-23-14-6-7-24(20,21)10-14/h2-5,8,14H,6-7,9-10H2,1H3,(H,18,19). The van der Waals surface area contributed by atoms with Gasteiger partial charge in [-0.25, -0.2) is 13.4 Å². The van der Waals surface area contributed by atoms with Gasteiger partial charge in [0.2, 0.25) is 5.91 Å². The molecule has 1 fully saturated rings. The number of aromatic nitrogens is 1. The molecule has 1 N–H and O–H groups in total. The second-order valence-corrected chi connectivity index (χ2v) is 10.3. The molecule has 3 rings (SSSR count). The first kappa shape index (κ1) is 17.4. The SMILES string of the molecule is Cc1nc(-c2ccc(NC(=O)CSC3CCS(=O)(=O)C3)cc2)cs1. The van der Waals surface area contributed by atoms with E-state index < -0.39 is 9.84 Å². The molecule has 8 heteroatoms. The molecule has 2 heterocycles. The lowest BCUT2D eigenvalue weighted by molar-refractivity contribution is -0.113. The Labute approximate surface area is 149 Å². The monoisotopic (exact) mass is 382 g/mol. The van der Waals surface area contributed by atoms with Crippen LogP contribution in [0.15, 0.2) is 29.6 Å². The summed E-state index contributed by atoms with van der Waals surface area (Å²) in [4.78, 5) is 16.4. The maximum absolute atomic E-state index is 12.0. The third-order valence-electron chi connectivity index (χ3n) is 3.72. The quantitative estimate of drug-likeness (QED) is 0.860. The van der Waals surface area contributed by atoms with Gasteiger partial charge in [-0.05, 0) is 25.5 Å². The fraction of sp³-hybridized carbons (Fsp3) is 0.375. The fourth-order valence-corrected chi connectivity index (χ4v) is 6.57. The summed E-state index contributed by atoms with van der Waals surface area (Å²) in [7, 11) is -2.89. The van der Waals surface area contributed by atoms with Gasteiger partial charge in [0.25, 0.3) is 0 Å². The lowest BCUT2D eigenvalue weighted by Crippen LogP contribution is -2.17. The van der Waals surface area contributed by atoms with E-state index in [1.165, 1.54) is 11.8 Å². The van der Waals surface area contributed by atoms with Gasteiger partial charge < -0.3 is 5.32 Å². The zero-order valence-electron chi connectivity index (χ0n) is 13.2. The Kier molecular flexibility index (Phi) is 5.27. The van der Waals surface area contributed by atoms with E-state index in [0.717, 1.165) is 22.0 Å². The molecule has 0 aliphatic carbocycles. The number of hydrogen-bond donors (Lipinski definition) is 1. The average Bonchev–Trinajstić information content (AvgIpc) is 3.11. The molecule has 1 aromatic heterocycles. The first-order valence-corrected chi connectivity index (χ1v) is 11.3. The Bertz CT molecular complexity index is 829. The largest absolute Gasteiger partial charge is 0.325 e. The summed E-state index contributed by atoms with van der Waals surface area (Å²) in [6.45, 7) is 1.97. The Morgan fingerprint density at radius 1 is 1.38 bits per heavy atom. The summed E-state index contributed by atoms with van der Waals surface area (Å²) in [6, 6.07) is 7.57. The highest BCUT2D eigenvalue weighted by Gasteiger charge is 2.28. The lowest BCUT2D eigenvalue weighted by Gasteiger charge is -2.08. The van der Waals surface area contributed by atoms with Gasteiger partial charge in [0.05, 0.1) is 28.0 Å². The molecule has 0 radical (unpaired) electrons. The van der Waals surface area contributed by atoms with E-state index in [1.807, 2.05) is 36.6 Å². The molecule has 0 saturated carbocycles. The normalized spacial score (nSPS) is 19.3. The number of aryl methyl sites for hydroxylation is 1. The number of benzene rings is 1. The minimum atomic E-state index is -2.89. The molecule has 2 aromatic rings. The average molecular weight is 383 g/mol. The summed E-state index contributed by atoms with van der Waals surface area (Å²) in [6.07, 6.45) is 0.641. The van der Waals surface area contributed by atoms with Crippen LogP contribution in [0.2, 0.25) is 0 Å². The Morgan fingerprint density at radius 2 is 2.12 bits per heavy atom. The number of nitrogens with zero attached hydrogens (tertiary/aromatic N) is 1. The highest BCUT2D eigenvalue weighted by atomic mass is 32.2. The number of anilines is 1. The van der Waals surface area contributed by atoms with Crippen molar-refractivity contribution in [3.8, 4) is 11.3 Å². The number of hydrogen-bond acceptors (Lipinski definition) is 6. The van der Waals surface area contributed by atoms with Crippen molar-refractivity contribution in [1.82, 2.24) is 4.98 Å². The van der Waals surface area contributed by atoms with Crippen LogP contribution in [0.3, 0.4) is 0 Å². The molecule has 24 heavy (non-hydrogen) atoms. The molecule has 5 nitrogen and oxygen atoms in total. The van der Waals surface area contributed by atoms with Crippen molar-refractivity contribution in [2.75, 3.05) is 22.6 Å². The Morgan fingerprint density at radius 3 is 2.71 bits per heavy atom. The van der Waals surface area contributed by atoms with Gasteiger partial charge in [0.15, 0.2) is 9.84 Å². The first-order chi connectivity index (χ1) is 11.4. The predicted molar refractivity (Wildman–Crippen MR) is 100 cm³/mol. The van der Waals surface area contributed by atoms with Crippen molar-refractivity contribution in [1.29, 1.82) is 0 Å². The first-order valence-electron chi connectivity index (χ1n) is 7.56. The van der Waals surface area contributed by atoms with Gasteiger partial charge in [-0.15, -0.1) is 23.1 Å². The van der Waals surface area contributed by atoms with E-state index in [4.69, 9.17) is 0 Å². The van der Waals surface area contributed by atoms with Gasteiger partial charge in [0.1, 0.15) is 0 Å². The molecule has 1 aliphatic rings. The molecule has 1 aliphatic heterocycles. The molecule has 1 unspecified atom stereocenters. The van der Waals surface area contributed by atoms with E-state index in [2.05, 4.69) is 10.3 Å². The van der Waals surface area contributed by atoms with Gasteiger partial charge in [-0.1, -0.05) is 12.1 Å². The van der Waals surface area contributed by atoms with Gasteiger partial charge in [0, 0.05) is 21.9 Å². The number of rotatable bonds is 5. The minimum Gasteiger partial charge on any atom is -0.325 e. The maximum Gasteiger partial charge on any atom is 0.234 e. The molecule has 1 amide bonds. The van der Waals surface area contributed by atoms with Gasteiger partial charge in [-0.2, -0.15) is 0 Å². The van der Waals surface area contributed by atoms with Crippen molar-refractivity contribution < 1.29 is 13.2 Å². The van der Waals surface area contributed by atoms with Gasteiger partial charge in [-0.3, -0.25) is 4.79 Å². The summed E-state index contributed by atoms with van der Waals surface area (Å²) < 4.78 is 22.8. The Balaban J connectivity index is 1.51. The van der Waals surface area contributed by atoms with Gasteiger partial charge >= 0.3 is 0 Å². The predicted octanol–water partition coefficient (Wildman–Crippen LogP) is 2.98. The molecular weight excluding hydrogens is 364 g/mol. The van der Waals surface area contributed by atoms with E-state index in [1.54, 1.807) is 11.3 Å². The van der Waals surface area contributed by atoms with Crippen LogP contribution in [-0.4, -0.2) is 41.8 Å². The summed E-state index contributed by atoms with van der Waals surface area (Å²) in [5, 5.41) is 5.91. The van der Waals surface area contributed by atoms with Crippen molar-refractivity contribution in [2.24, 2.45) is 0 Å². The zero-order valence-corrected chi connectivity index (χ0v) is 15.6. The van der Waals surface area contributed by atoms with Crippen LogP contribution in [0.25, 0.3) is 11.3 Å². The number of amides is 1. The summed E-state index contributed by atoms with van der Waals surface area (Å²) in [5.74, 6) is 0.589. The van der Waals surface area contributed by atoms with Crippen LogP contribution in [0.4, 0.5) is 5.69 Å². The summed E-state index contributed by atoms with van der Waals surface area (Å²) >= 11 is 3.02.